The molecule has 0 aromatic heterocycles. The van der Waals surface area contributed by atoms with Gasteiger partial charge in [0.25, 0.3) is 5.91 Å². The second kappa shape index (κ2) is 7.15. The highest BCUT2D eigenvalue weighted by atomic mass is 35.5. The minimum Gasteiger partial charge on any atom is -0.492 e. The lowest BCUT2D eigenvalue weighted by atomic mass is 9.97. The lowest BCUT2D eigenvalue weighted by Crippen LogP contribution is -2.25. The molecule has 2 aromatic rings. The van der Waals surface area contributed by atoms with Gasteiger partial charge in [0.15, 0.2) is 0 Å². The van der Waals surface area contributed by atoms with E-state index in [-0.39, 0.29) is 35.1 Å². The van der Waals surface area contributed by atoms with Crippen LogP contribution < -0.4 is 15.8 Å². The fourth-order valence-electron chi connectivity index (χ4n) is 2.61. The van der Waals surface area contributed by atoms with Crippen molar-refractivity contribution in [2.24, 2.45) is 5.73 Å². The van der Waals surface area contributed by atoms with Gasteiger partial charge in [-0.25, -0.2) is 8.78 Å². The molecule has 1 amide bonds. The van der Waals surface area contributed by atoms with Crippen molar-refractivity contribution in [2.45, 2.75) is 19.4 Å². The summed E-state index contributed by atoms with van der Waals surface area (Å²) in [6, 6.07) is 6.33. The van der Waals surface area contributed by atoms with Gasteiger partial charge in [-0.05, 0) is 42.8 Å². The molecule has 128 valence electrons. The zero-order chi connectivity index (χ0) is 16.6. The SMILES string of the molecule is Cc1cc(NC(=O)c2ccc(F)c3c2OCC[C@@H]3N)ccc1F.Cl. The van der Waals surface area contributed by atoms with Crippen LogP contribution >= 0.6 is 12.4 Å². The Kier molecular flexibility index (Phi) is 5.41. The topological polar surface area (TPSA) is 64.3 Å². The largest absolute Gasteiger partial charge is 0.492 e. The maximum Gasteiger partial charge on any atom is 0.259 e. The zero-order valence-corrected chi connectivity index (χ0v) is 13.8. The van der Waals surface area contributed by atoms with Gasteiger partial charge in [-0.2, -0.15) is 0 Å². The van der Waals surface area contributed by atoms with Gasteiger partial charge in [-0.1, -0.05) is 0 Å². The van der Waals surface area contributed by atoms with E-state index in [1.807, 2.05) is 0 Å². The minimum absolute atomic E-state index is 0. The van der Waals surface area contributed by atoms with Crippen molar-refractivity contribution in [2.75, 3.05) is 11.9 Å². The van der Waals surface area contributed by atoms with Crippen LogP contribution in [0.1, 0.15) is 33.9 Å². The highest BCUT2D eigenvalue weighted by Gasteiger charge is 2.27. The summed E-state index contributed by atoms with van der Waals surface area (Å²) in [6.07, 6.45) is 0.492. The monoisotopic (exact) mass is 354 g/mol. The summed E-state index contributed by atoms with van der Waals surface area (Å²) in [6.45, 7) is 1.93. The van der Waals surface area contributed by atoms with Crippen molar-refractivity contribution in [3.05, 3.63) is 58.7 Å². The maximum atomic E-state index is 14.0. The van der Waals surface area contributed by atoms with Gasteiger partial charge < -0.3 is 15.8 Å². The van der Waals surface area contributed by atoms with Gasteiger partial charge in [-0.15, -0.1) is 12.4 Å². The number of anilines is 1. The van der Waals surface area contributed by atoms with Crippen LogP contribution in [0, 0.1) is 18.6 Å². The molecule has 0 fully saturated rings. The van der Waals surface area contributed by atoms with Crippen LogP contribution in [0.25, 0.3) is 0 Å². The molecule has 1 aliphatic heterocycles. The predicted molar refractivity (Wildman–Crippen MR) is 89.8 cm³/mol. The third-order valence-electron chi connectivity index (χ3n) is 3.85. The third-order valence-corrected chi connectivity index (χ3v) is 3.85. The lowest BCUT2D eigenvalue weighted by Gasteiger charge is -2.25. The molecular formula is C17H17ClF2N2O2. The van der Waals surface area contributed by atoms with Crippen LogP contribution in [0.2, 0.25) is 0 Å². The van der Waals surface area contributed by atoms with Gasteiger partial charge >= 0.3 is 0 Å². The van der Waals surface area contributed by atoms with Gasteiger partial charge in [0.05, 0.1) is 12.2 Å². The number of hydrogen-bond donors (Lipinski definition) is 2. The number of rotatable bonds is 2. The number of carbonyl (C=O) groups excluding carboxylic acids is 1. The summed E-state index contributed by atoms with van der Waals surface area (Å²) in [5.41, 5.74) is 7.21. The van der Waals surface area contributed by atoms with E-state index in [0.29, 0.717) is 24.3 Å². The number of ether oxygens (including phenoxy) is 1. The Balaban J connectivity index is 0.00000208. The molecule has 3 rings (SSSR count). The van der Waals surface area contributed by atoms with Crippen molar-refractivity contribution in [1.82, 2.24) is 0 Å². The molecular weight excluding hydrogens is 338 g/mol. The molecule has 7 heteroatoms. The second-order valence-corrected chi connectivity index (χ2v) is 5.50. The molecule has 0 unspecified atom stereocenters. The first kappa shape index (κ1) is 18.2. The summed E-state index contributed by atoms with van der Waals surface area (Å²) in [7, 11) is 0. The minimum atomic E-state index is -0.500. The molecule has 24 heavy (non-hydrogen) atoms. The lowest BCUT2D eigenvalue weighted by molar-refractivity contribution is 0.102. The number of aryl methyl sites for hydroxylation is 1. The van der Waals surface area contributed by atoms with E-state index in [4.69, 9.17) is 10.5 Å². The third kappa shape index (κ3) is 3.34. The molecule has 0 radical (unpaired) electrons. The standard InChI is InChI=1S/C17H16F2N2O2.ClH/c1-9-8-10(2-4-12(9)18)21-17(22)11-3-5-13(19)15-14(20)6-7-23-16(11)15;/h2-5,8,14H,6-7,20H2,1H3,(H,21,22);1H/t14-;/m0./s1. The molecule has 2 aromatic carbocycles. The number of amides is 1. The van der Waals surface area contributed by atoms with E-state index < -0.39 is 17.8 Å². The van der Waals surface area contributed by atoms with Gasteiger partial charge in [0.2, 0.25) is 0 Å². The molecule has 0 aliphatic carbocycles. The number of fused-ring (bicyclic) bond motifs is 1. The Bertz CT molecular complexity index is 783. The van der Waals surface area contributed by atoms with E-state index in [1.54, 1.807) is 6.92 Å². The molecule has 1 heterocycles. The van der Waals surface area contributed by atoms with E-state index in [1.165, 1.54) is 30.3 Å². The van der Waals surface area contributed by atoms with Gasteiger partial charge in [0, 0.05) is 23.7 Å². The molecule has 0 saturated heterocycles. The fourth-order valence-corrected chi connectivity index (χ4v) is 2.61. The first-order valence-corrected chi connectivity index (χ1v) is 7.25. The van der Waals surface area contributed by atoms with Crippen LogP contribution in [-0.2, 0) is 0 Å². The predicted octanol–water partition coefficient (Wildman–Crippen LogP) is 3.73. The maximum absolute atomic E-state index is 14.0. The summed E-state index contributed by atoms with van der Waals surface area (Å²) in [4.78, 5) is 12.5. The van der Waals surface area contributed by atoms with Crippen molar-refractivity contribution < 1.29 is 18.3 Å². The number of nitrogens with two attached hydrogens (primary N) is 1. The Morgan fingerprint density at radius 2 is 1.96 bits per heavy atom. The Hall–Kier alpha value is -2.18. The average Bonchev–Trinajstić information content (AvgIpc) is 2.51. The summed E-state index contributed by atoms with van der Waals surface area (Å²) in [5, 5.41) is 2.66. The zero-order valence-electron chi connectivity index (χ0n) is 12.9. The second-order valence-electron chi connectivity index (χ2n) is 5.50. The van der Waals surface area contributed by atoms with Gasteiger partial charge in [0.1, 0.15) is 17.4 Å². The summed E-state index contributed by atoms with van der Waals surface area (Å²) in [5.74, 6) is -1.11. The number of halogens is 3. The van der Waals surface area contributed by atoms with Gasteiger partial charge in [-0.3, -0.25) is 4.79 Å². The highest BCUT2D eigenvalue weighted by molar-refractivity contribution is 6.06. The number of hydrogen-bond acceptors (Lipinski definition) is 3. The normalized spacial score (nSPS) is 15.8. The Morgan fingerprint density at radius 3 is 2.67 bits per heavy atom. The van der Waals surface area contributed by atoms with E-state index in [2.05, 4.69) is 5.32 Å². The number of carbonyl (C=O) groups is 1. The summed E-state index contributed by atoms with van der Waals surface area (Å²) < 4.78 is 32.7. The molecule has 0 spiro atoms. The first-order valence-electron chi connectivity index (χ1n) is 7.25. The number of benzene rings is 2. The van der Waals surface area contributed by atoms with Crippen molar-refractivity contribution in [1.29, 1.82) is 0 Å². The van der Waals surface area contributed by atoms with Crippen molar-refractivity contribution in [3.63, 3.8) is 0 Å². The van der Waals surface area contributed by atoms with Crippen LogP contribution in [0.5, 0.6) is 5.75 Å². The van der Waals surface area contributed by atoms with Crippen LogP contribution in [-0.4, -0.2) is 12.5 Å². The molecule has 1 atom stereocenters. The smallest absolute Gasteiger partial charge is 0.259 e. The quantitative estimate of drug-likeness (QED) is 0.863. The molecule has 0 bridgehead atoms. The van der Waals surface area contributed by atoms with E-state index >= 15 is 0 Å². The van der Waals surface area contributed by atoms with E-state index in [9.17, 15) is 13.6 Å². The fraction of sp³-hybridized carbons (Fsp3) is 0.235. The molecule has 4 nitrogen and oxygen atoms in total. The summed E-state index contributed by atoms with van der Waals surface area (Å²) >= 11 is 0. The first-order chi connectivity index (χ1) is 11.0. The van der Waals surface area contributed by atoms with Crippen LogP contribution in [0.3, 0.4) is 0 Å². The Labute approximate surface area is 144 Å². The Morgan fingerprint density at radius 1 is 1.25 bits per heavy atom. The van der Waals surface area contributed by atoms with Crippen LogP contribution in [0.15, 0.2) is 30.3 Å². The average molecular weight is 355 g/mol. The molecule has 3 N–H and O–H groups in total. The van der Waals surface area contributed by atoms with Crippen molar-refractivity contribution in [3.8, 4) is 5.75 Å². The van der Waals surface area contributed by atoms with Crippen molar-refractivity contribution >= 4 is 24.0 Å². The van der Waals surface area contributed by atoms with E-state index in [0.717, 1.165) is 0 Å². The van der Waals surface area contributed by atoms with Crippen LogP contribution in [0.4, 0.5) is 14.5 Å². The number of nitrogens with one attached hydrogen (secondary N) is 1. The highest BCUT2D eigenvalue weighted by Crippen LogP contribution is 2.36. The molecule has 1 aliphatic rings. The molecule has 0 saturated carbocycles.